The van der Waals surface area contributed by atoms with Crippen LogP contribution in [0, 0.1) is 13.8 Å². The summed E-state index contributed by atoms with van der Waals surface area (Å²) < 4.78 is 0. The lowest BCUT2D eigenvalue weighted by Gasteiger charge is -2.20. The van der Waals surface area contributed by atoms with E-state index in [0.29, 0.717) is 0 Å². The smallest absolute Gasteiger partial charge is 0.168 e. The van der Waals surface area contributed by atoms with Crippen molar-refractivity contribution in [3.8, 4) is 0 Å². The first kappa shape index (κ1) is 15.8. The second-order valence-electron chi connectivity index (χ2n) is 4.75. The maximum atomic E-state index is 11.8. The number of benzene rings is 1. The zero-order valence-electron chi connectivity index (χ0n) is 11.1. The fourth-order valence-corrected chi connectivity index (χ4v) is 1.73. The first-order valence-corrected chi connectivity index (χ1v) is 6.10. The van der Waals surface area contributed by atoms with Crippen LogP contribution in [0.15, 0.2) is 18.2 Å². The van der Waals surface area contributed by atoms with Gasteiger partial charge in [0.2, 0.25) is 0 Å². The van der Waals surface area contributed by atoms with Crippen LogP contribution in [0.4, 0.5) is 0 Å². The lowest BCUT2D eigenvalue weighted by atomic mass is 9.97. The second kappa shape index (κ2) is 6.77. The van der Waals surface area contributed by atoms with Gasteiger partial charge in [-0.15, -0.1) is 0 Å². The molecule has 0 aromatic heterocycles. The normalized spacial score (nSPS) is 15.9. The zero-order chi connectivity index (χ0) is 14.6. The summed E-state index contributed by atoms with van der Waals surface area (Å²) in [5.74, 6) is -0.594. The van der Waals surface area contributed by atoms with Crippen LogP contribution in [0.25, 0.3) is 0 Å². The quantitative estimate of drug-likeness (QED) is 0.557. The minimum atomic E-state index is -1.70. The number of Topliss-reactive ketones (excluding diaryl/α,β-unsaturated/α-hetero) is 1. The minimum Gasteiger partial charge on any atom is -0.394 e. The lowest BCUT2D eigenvalue weighted by Crippen LogP contribution is -2.44. The Morgan fingerprint density at radius 3 is 2.32 bits per heavy atom. The van der Waals surface area contributed by atoms with Crippen molar-refractivity contribution in [1.82, 2.24) is 0 Å². The number of hydrogen-bond acceptors (Lipinski definition) is 5. The van der Waals surface area contributed by atoms with Crippen molar-refractivity contribution in [3.05, 3.63) is 34.9 Å². The van der Waals surface area contributed by atoms with E-state index in [2.05, 4.69) is 0 Å². The topological polar surface area (TPSA) is 98.0 Å². The Balaban J connectivity index is 2.71. The van der Waals surface area contributed by atoms with Gasteiger partial charge in [-0.1, -0.05) is 18.2 Å². The Kier molecular flexibility index (Phi) is 5.62. The van der Waals surface area contributed by atoms with Crippen molar-refractivity contribution in [2.24, 2.45) is 0 Å². The second-order valence-corrected chi connectivity index (χ2v) is 4.75. The number of aliphatic hydroxyl groups excluding tert-OH is 4. The maximum Gasteiger partial charge on any atom is 0.168 e. The summed E-state index contributed by atoms with van der Waals surface area (Å²) in [6, 6.07) is 5.50. The number of aliphatic hydroxyl groups is 4. The van der Waals surface area contributed by atoms with E-state index in [1.54, 1.807) is 6.07 Å². The van der Waals surface area contributed by atoms with E-state index in [-0.39, 0.29) is 6.42 Å². The molecule has 4 N–H and O–H groups in total. The minimum absolute atomic E-state index is 0.0303. The Labute approximate surface area is 112 Å². The van der Waals surface area contributed by atoms with Gasteiger partial charge in [0, 0.05) is 6.42 Å². The molecular formula is C14H20O5. The first-order valence-electron chi connectivity index (χ1n) is 6.10. The Morgan fingerprint density at radius 2 is 1.79 bits per heavy atom. The van der Waals surface area contributed by atoms with Crippen molar-refractivity contribution < 1.29 is 25.2 Å². The molecule has 5 nitrogen and oxygen atoms in total. The fraction of sp³-hybridized carbons (Fsp3) is 0.500. The highest BCUT2D eigenvalue weighted by Gasteiger charge is 2.29. The highest BCUT2D eigenvalue weighted by Crippen LogP contribution is 2.12. The first-order chi connectivity index (χ1) is 8.86. The summed E-state index contributed by atoms with van der Waals surface area (Å²) >= 11 is 0. The standard InChI is InChI=1S/C14H20O5/c1-8-3-4-10(5-9(8)2)6-11(16)13(18)14(19)12(17)7-15/h3-5,12-15,17-19H,6-7H2,1-2H3/t12-,13+,14+/m1/s1. The van der Waals surface area contributed by atoms with Crippen LogP contribution in [0.3, 0.4) is 0 Å². The summed E-state index contributed by atoms with van der Waals surface area (Å²) in [5, 5.41) is 36.9. The maximum absolute atomic E-state index is 11.8. The Bertz CT molecular complexity index is 443. The van der Waals surface area contributed by atoms with Gasteiger partial charge in [-0.3, -0.25) is 4.79 Å². The summed E-state index contributed by atoms with van der Waals surface area (Å²) in [7, 11) is 0. The number of carbonyl (C=O) groups excluding carboxylic acids is 1. The molecule has 0 aliphatic rings. The van der Waals surface area contributed by atoms with Gasteiger partial charge in [0.15, 0.2) is 5.78 Å². The monoisotopic (exact) mass is 268 g/mol. The van der Waals surface area contributed by atoms with Crippen LogP contribution in [-0.2, 0) is 11.2 Å². The van der Waals surface area contributed by atoms with E-state index in [1.807, 2.05) is 26.0 Å². The molecular weight excluding hydrogens is 248 g/mol. The third-order valence-electron chi connectivity index (χ3n) is 3.18. The molecule has 0 saturated heterocycles. The third-order valence-corrected chi connectivity index (χ3v) is 3.18. The summed E-state index contributed by atoms with van der Waals surface area (Å²) in [5.41, 5.74) is 2.88. The van der Waals surface area contributed by atoms with Gasteiger partial charge in [-0.2, -0.15) is 0 Å². The third kappa shape index (κ3) is 4.11. The highest BCUT2D eigenvalue weighted by molar-refractivity contribution is 5.85. The predicted molar refractivity (Wildman–Crippen MR) is 69.7 cm³/mol. The van der Waals surface area contributed by atoms with E-state index in [0.717, 1.165) is 16.7 Å². The molecule has 1 aromatic carbocycles. The number of aryl methyl sites for hydroxylation is 2. The average Bonchev–Trinajstić information content (AvgIpc) is 2.40. The summed E-state index contributed by atoms with van der Waals surface area (Å²) in [4.78, 5) is 11.8. The Hall–Kier alpha value is -1.27. The van der Waals surface area contributed by atoms with Gasteiger partial charge in [0.1, 0.15) is 18.3 Å². The highest BCUT2D eigenvalue weighted by atomic mass is 16.4. The summed E-state index contributed by atoms with van der Waals surface area (Å²) in [6.45, 7) is 3.16. The van der Waals surface area contributed by atoms with Crippen LogP contribution in [-0.4, -0.2) is 51.1 Å². The SMILES string of the molecule is Cc1ccc(CC(=O)[C@H](O)[C@@H](O)[C@H](O)CO)cc1C. The number of ketones is 1. The molecule has 0 aliphatic carbocycles. The molecule has 0 fully saturated rings. The molecule has 19 heavy (non-hydrogen) atoms. The van der Waals surface area contributed by atoms with Gasteiger partial charge in [0.25, 0.3) is 0 Å². The number of carbonyl (C=O) groups is 1. The molecule has 0 amide bonds. The zero-order valence-corrected chi connectivity index (χ0v) is 11.1. The van der Waals surface area contributed by atoms with Crippen molar-refractivity contribution in [2.45, 2.75) is 38.6 Å². The molecule has 0 spiro atoms. The van der Waals surface area contributed by atoms with Gasteiger partial charge in [0.05, 0.1) is 6.61 Å². The van der Waals surface area contributed by atoms with E-state index >= 15 is 0 Å². The predicted octanol–water partition coefficient (Wildman–Crippen LogP) is -0.510. The van der Waals surface area contributed by atoms with E-state index in [9.17, 15) is 20.1 Å². The van der Waals surface area contributed by atoms with Crippen molar-refractivity contribution >= 4 is 5.78 Å². The molecule has 0 aliphatic heterocycles. The van der Waals surface area contributed by atoms with Crippen molar-refractivity contribution in [2.75, 3.05) is 6.61 Å². The molecule has 1 aromatic rings. The van der Waals surface area contributed by atoms with Crippen LogP contribution in [0.2, 0.25) is 0 Å². The van der Waals surface area contributed by atoms with Gasteiger partial charge in [-0.25, -0.2) is 0 Å². The van der Waals surface area contributed by atoms with Crippen molar-refractivity contribution in [1.29, 1.82) is 0 Å². The van der Waals surface area contributed by atoms with E-state index < -0.39 is 30.7 Å². The molecule has 0 bridgehead atoms. The molecule has 0 saturated carbocycles. The molecule has 0 heterocycles. The lowest BCUT2D eigenvalue weighted by molar-refractivity contribution is -0.139. The Morgan fingerprint density at radius 1 is 1.16 bits per heavy atom. The molecule has 106 valence electrons. The van der Waals surface area contributed by atoms with Gasteiger partial charge >= 0.3 is 0 Å². The van der Waals surface area contributed by atoms with E-state index in [4.69, 9.17) is 5.11 Å². The van der Waals surface area contributed by atoms with Gasteiger partial charge < -0.3 is 20.4 Å². The molecule has 5 heteroatoms. The summed E-state index contributed by atoms with van der Waals surface area (Å²) in [6.07, 6.45) is -4.94. The van der Waals surface area contributed by atoms with Crippen LogP contribution in [0.1, 0.15) is 16.7 Å². The van der Waals surface area contributed by atoms with Crippen LogP contribution < -0.4 is 0 Å². The molecule has 1 rings (SSSR count). The van der Waals surface area contributed by atoms with E-state index in [1.165, 1.54) is 0 Å². The number of rotatable bonds is 6. The van der Waals surface area contributed by atoms with Crippen LogP contribution in [0.5, 0.6) is 0 Å². The average molecular weight is 268 g/mol. The molecule has 3 atom stereocenters. The largest absolute Gasteiger partial charge is 0.394 e. The van der Waals surface area contributed by atoms with Crippen LogP contribution >= 0.6 is 0 Å². The molecule has 0 unspecified atom stereocenters. The molecule has 0 radical (unpaired) electrons. The fourth-order valence-electron chi connectivity index (χ4n) is 1.73. The van der Waals surface area contributed by atoms with Crippen molar-refractivity contribution in [3.63, 3.8) is 0 Å². The van der Waals surface area contributed by atoms with Gasteiger partial charge in [-0.05, 0) is 30.5 Å². The number of hydrogen-bond donors (Lipinski definition) is 4.